The third-order valence-corrected chi connectivity index (χ3v) is 4.76. The van der Waals surface area contributed by atoms with Crippen LogP contribution in [0.25, 0.3) is 0 Å². The molecule has 4 heteroatoms. The number of hydrogen-bond donors (Lipinski definition) is 2. The number of allylic oxidation sites excluding steroid dienone is 1. The fraction of sp³-hybridized carbons (Fsp3) is 0.565. The van der Waals surface area contributed by atoms with Gasteiger partial charge < -0.3 is 10.2 Å². The van der Waals surface area contributed by atoms with E-state index in [0.29, 0.717) is 6.04 Å². The molecule has 2 rings (SSSR count). The lowest BCUT2D eigenvalue weighted by Crippen LogP contribution is -2.53. The number of hydrogen-bond acceptors (Lipinski definition) is 4. The number of aliphatic hydroxyl groups is 2. The van der Waals surface area contributed by atoms with E-state index in [4.69, 9.17) is 0 Å². The van der Waals surface area contributed by atoms with Gasteiger partial charge in [-0.15, -0.1) is 0 Å². The van der Waals surface area contributed by atoms with Gasteiger partial charge in [-0.3, -0.25) is 9.80 Å². The molecule has 0 aromatic heterocycles. The SMILES string of the molecule is CC(C)=CCN1CCN(Cc2ccc(C#CC(C)(C)O)cc2)C[C@H]1CCO. The monoisotopic (exact) mass is 370 g/mol. The van der Waals surface area contributed by atoms with E-state index in [1.54, 1.807) is 13.8 Å². The lowest BCUT2D eigenvalue weighted by atomic mass is 10.1. The first-order chi connectivity index (χ1) is 12.8. The van der Waals surface area contributed by atoms with E-state index in [2.05, 4.69) is 53.7 Å². The predicted octanol–water partition coefficient (Wildman–Crippen LogP) is 2.64. The van der Waals surface area contributed by atoms with Crippen molar-refractivity contribution in [2.75, 3.05) is 32.8 Å². The Morgan fingerprint density at radius 1 is 1.22 bits per heavy atom. The van der Waals surface area contributed by atoms with Crippen LogP contribution in [0.15, 0.2) is 35.9 Å². The van der Waals surface area contributed by atoms with Gasteiger partial charge in [0, 0.05) is 50.9 Å². The summed E-state index contributed by atoms with van der Waals surface area (Å²) in [5.74, 6) is 5.86. The molecule has 27 heavy (non-hydrogen) atoms. The maximum Gasteiger partial charge on any atom is 0.120 e. The molecule has 1 aromatic rings. The molecule has 1 saturated heterocycles. The maximum absolute atomic E-state index is 9.70. The fourth-order valence-corrected chi connectivity index (χ4v) is 3.24. The minimum atomic E-state index is -0.967. The smallest absolute Gasteiger partial charge is 0.120 e. The molecular formula is C23H34N2O2. The Hall–Kier alpha value is -1.64. The summed E-state index contributed by atoms with van der Waals surface area (Å²) in [6.45, 7) is 12.8. The second-order valence-corrected chi connectivity index (χ2v) is 8.18. The number of benzene rings is 1. The van der Waals surface area contributed by atoms with E-state index >= 15 is 0 Å². The van der Waals surface area contributed by atoms with Crippen LogP contribution >= 0.6 is 0 Å². The van der Waals surface area contributed by atoms with Gasteiger partial charge in [0.05, 0.1) is 0 Å². The third-order valence-electron chi connectivity index (χ3n) is 4.76. The van der Waals surface area contributed by atoms with Crippen LogP contribution in [0.4, 0.5) is 0 Å². The van der Waals surface area contributed by atoms with Crippen molar-refractivity contribution in [2.45, 2.75) is 52.3 Å². The molecule has 0 aliphatic carbocycles. The highest BCUT2D eigenvalue weighted by atomic mass is 16.3. The summed E-state index contributed by atoms with van der Waals surface area (Å²) in [5, 5.41) is 19.1. The minimum absolute atomic E-state index is 0.235. The molecule has 4 nitrogen and oxygen atoms in total. The van der Waals surface area contributed by atoms with Crippen molar-refractivity contribution in [3.8, 4) is 11.8 Å². The fourth-order valence-electron chi connectivity index (χ4n) is 3.24. The zero-order chi connectivity index (χ0) is 19.9. The molecule has 1 atom stereocenters. The summed E-state index contributed by atoms with van der Waals surface area (Å²) in [5.41, 5.74) is 2.56. The molecule has 0 bridgehead atoms. The molecule has 0 saturated carbocycles. The second-order valence-electron chi connectivity index (χ2n) is 8.18. The van der Waals surface area contributed by atoms with Crippen LogP contribution in [0.5, 0.6) is 0 Å². The standard InChI is InChI=1S/C23H34N2O2/c1-19(2)10-13-25-15-14-24(18-22(25)11-16-26)17-21-7-5-20(6-8-21)9-12-23(3,4)27/h5-8,10,22,26-27H,11,13-18H2,1-4H3/t22-/m1/s1. The highest BCUT2D eigenvalue weighted by Crippen LogP contribution is 2.16. The number of aliphatic hydroxyl groups excluding tert-OH is 1. The summed E-state index contributed by atoms with van der Waals surface area (Å²) in [6, 6.07) is 8.67. The minimum Gasteiger partial charge on any atom is -0.396 e. The van der Waals surface area contributed by atoms with Crippen LogP contribution in [0.2, 0.25) is 0 Å². The van der Waals surface area contributed by atoms with Crippen molar-refractivity contribution < 1.29 is 10.2 Å². The molecular weight excluding hydrogens is 336 g/mol. The third kappa shape index (κ3) is 7.86. The lowest BCUT2D eigenvalue weighted by Gasteiger charge is -2.41. The van der Waals surface area contributed by atoms with Crippen molar-refractivity contribution in [1.29, 1.82) is 0 Å². The predicted molar refractivity (Wildman–Crippen MR) is 111 cm³/mol. The molecule has 1 aliphatic rings. The zero-order valence-corrected chi connectivity index (χ0v) is 17.2. The Morgan fingerprint density at radius 3 is 2.52 bits per heavy atom. The quantitative estimate of drug-likeness (QED) is 0.597. The molecule has 0 amide bonds. The second kappa shape index (κ2) is 10.1. The van der Waals surface area contributed by atoms with Crippen molar-refractivity contribution in [1.82, 2.24) is 9.80 Å². The highest BCUT2D eigenvalue weighted by molar-refractivity contribution is 5.37. The van der Waals surface area contributed by atoms with Gasteiger partial charge in [0.25, 0.3) is 0 Å². The first kappa shape index (κ1) is 21.7. The normalized spacial score (nSPS) is 18.7. The van der Waals surface area contributed by atoms with Gasteiger partial charge in [-0.2, -0.15) is 0 Å². The van der Waals surface area contributed by atoms with Crippen molar-refractivity contribution in [3.05, 3.63) is 47.0 Å². The van der Waals surface area contributed by atoms with Crippen LogP contribution in [0.1, 0.15) is 45.2 Å². The number of nitrogens with zero attached hydrogens (tertiary/aromatic N) is 2. The van der Waals surface area contributed by atoms with Gasteiger partial charge in [0.15, 0.2) is 0 Å². The highest BCUT2D eigenvalue weighted by Gasteiger charge is 2.25. The van der Waals surface area contributed by atoms with Crippen LogP contribution < -0.4 is 0 Å². The van der Waals surface area contributed by atoms with E-state index < -0.39 is 5.60 Å². The Kier molecular flexibility index (Phi) is 8.07. The van der Waals surface area contributed by atoms with E-state index in [9.17, 15) is 10.2 Å². The van der Waals surface area contributed by atoms with Gasteiger partial charge in [0.1, 0.15) is 5.60 Å². The van der Waals surface area contributed by atoms with Gasteiger partial charge in [-0.25, -0.2) is 0 Å². The average molecular weight is 371 g/mol. The Balaban J connectivity index is 1.95. The van der Waals surface area contributed by atoms with Crippen LogP contribution in [0, 0.1) is 11.8 Å². The van der Waals surface area contributed by atoms with Gasteiger partial charge in [0.2, 0.25) is 0 Å². The number of rotatable bonds is 6. The molecule has 0 radical (unpaired) electrons. The van der Waals surface area contributed by atoms with Crippen molar-refractivity contribution in [2.24, 2.45) is 0 Å². The van der Waals surface area contributed by atoms with Crippen LogP contribution in [0.3, 0.4) is 0 Å². The lowest BCUT2D eigenvalue weighted by molar-refractivity contribution is 0.0637. The van der Waals surface area contributed by atoms with E-state index in [0.717, 1.165) is 44.7 Å². The molecule has 2 N–H and O–H groups in total. The molecule has 0 spiro atoms. The Labute approximate surface area is 164 Å². The van der Waals surface area contributed by atoms with Crippen LogP contribution in [-0.2, 0) is 6.54 Å². The summed E-state index contributed by atoms with van der Waals surface area (Å²) in [6.07, 6.45) is 3.09. The summed E-state index contributed by atoms with van der Waals surface area (Å²) < 4.78 is 0. The first-order valence-electron chi connectivity index (χ1n) is 9.82. The van der Waals surface area contributed by atoms with Crippen LogP contribution in [-0.4, -0.2) is 64.4 Å². The molecule has 148 valence electrons. The summed E-state index contributed by atoms with van der Waals surface area (Å²) in [7, 11) is 0. The molecule has 1 fully saturated rings. The Morgan fingerprint density at radius 2 is 1.93 bits per heavy atom. The number of piperazine rings is 1. The van der Waals surface area contributed by atoms with E-state index in [-0.39, 0.29) is 6.61 Å². The van der Waals surface area contributed by atoms with Gasteiger partial charge in [-0.05, 0) is 51.8 Å². The van der Waals surface area contributed by atoms with Gasteiger partial charge in [-0.1, -0.05) is 35.6 Å². The van der Waals surface area contributed by atoms with E-state index in [1.165, 1.54) is 11.1 Å². The first-order valence-corrected chi connectivity index (χ1v) is 9.82. The molecule has 1 aromatic carbocycles. The van der Waals surface area contributed by atoms with Crippen molar-refractivity contribution in [3.63, 3.8) is 0 Å². The van der Waals surface area contributed by atoms with Crippen molar-refractivity contribution >= 4 is 0 Å². The van der Waals surface area contributed by atoms with Gasteiger partial charge >= 0.3 is 0 Å². The largest absolute Gasteiger partial charge is 0.396 e. The Bertz CT molecular complexity index is 673. The molecule has 1 heterocycles. The molecule has 1 aliphatic heterocycles. The molecule has 0 unspecified atom stereocenters. The van der Waals surface area contributed by atoms with E-state index in [1.807, 2.05) is 12.1 Å². The summed E-state index contributed by atoms with van der Waals surface area (Å²) in [4.78, 5) is 4.95. The average Bonchev–Trinajstić information content (AvgIpc) is 2.60. The summed E-state index contributed by atoms with van der Waals surface area (Å²) >= 11 is 0. The maximum atomic E-state index is 9.70. The zero-order valence-electron chi connectivity index (χ0n) is 17.2. The topological polar surface area (TPSA) is 46.9 Å².